The number of carbonyl (C=O) groups is 3. The summed E-state index contributed by atoms with van der Waals surface area (Å²) in [6, 6.07) is 16.0. The second-order valence-electron chi connectivity index (χ2n) is 6.91. The van der Waals surface area contributed by atoms with Crippen LogP contribution in [-0.4, -0.2) is 37.7 Å². The van der Waals surface area contributed by atoms with Crippen molar-refractivity contribution in [3.8, 4) is 11.5 Å². The molecule has 8 nitrogen and oxygen atoms in total. The largest absolute Gasteiger partial charge is 0.493 e. The first-order chi connectivity index (χ1) is 16.8. The van der Waals surface area contributed by atoms with Gasteiger partial charge in [0.1, 0.15) is 0 Å². The molecule has 180 valence electrons. The van der Waals surface area contributed by atoms with Crippen molar-refractivity contribution in [1.82, 2.24) is 10.7 Å². The van der Waals surface area contributed by atoms with Crippen LogP contribution in [0.4, 0.5) is 0 Å². The minimum Gasteiger partial charge on any atom is -0.493 e. The van der Waals surface area contributed by atoms with Crippen molar-refractivity contribution in [2.75, 3.05) is 13.7 Å². The summed E-state index contributed by atoms with van der Waals surface area (Å²) < 4.78 is 11.5. The molecule has 0 unspecified atom stereocenters. The first kappa shape index (κ1) is 26.2. The molecule has 0 bridgehead atoms. The van der Waals surface area contributed by atoms with E-state index < -0.39 is 17.8 Å². The number of methoxy groups -OCH3 is 1. The molecule has 0 aliphatic rings. The molecule has 0 aromatic heterocycles. The van der Waals surface area contributed by atoms with Gasteiger partial charge in [-0.3, -0.25) is 9.59 Å². The van der Waals surface area contributed by atoms with E-state index in [0.29, 0.717) is 21.9 Å². The molecule has 3 rings (SSSR count). The molecule has 0 aliphatic carbocycles. The zero-order valence-electron chi connectivity index (χ0n) is 18.2. The molecule has 35 heavy (non-hydrogen) atoms. The molecule has 0 atom stereocenters. The van der Waals surface area contributed by atoms with Crippen molar-refractivity contribution in [1.29, 1.82) is 0 Å². The van der Waals surface area contributed by atoms with Crippen LogP contribution < -0.4 is 20.2 Å². The topological polar surface area (TPSA) is 106 Å². The van der Waals surface area contributed by atoms with Gasteiger partial charge in [0.05, 0.1) is 35.5 Å². The van der Waals surface area contributed by atoms with Gasteiger partial charge in [0.2, 0.25) is 0 Å². The van der Waals surface area contributed by atoms with E-state index in [4.69, 9.17) is 32.7 Å². The van der Waals surface area contributed by atoms with E-state index >= 15 is 0 Å². The molecule has 0 fully saturated rings. The van der Waals surface area contributed by atoms with E-state index in [1.54, 1.807) is 42.5 Å². The Labute approximate surface area is 219 Å². The zero-order valence-corrected chi connectivity index (χ0v) is 21.3. The van der Waals surface area contributed by atoms with E-state index in [1.807, 2.05) is 0 Å². The molecule has 0 spiro atoms. The lowest BCUT2D eigenvalue weighted by atomic mass is 10.2. The lowest BCUT2D eigenvalue weighted by molar-refractivity contribution is -0.120. The smallest absolute Gasteiger partial charge is 0.343 e. The number of nitrogens with zero attached hydrogens (tertiary/aromatic N) is 1. The second-order valence-corrected chi connectivity index (χ2v) is 8.64. The van der Waals surface area contributed by atoms with Crippen LogP contribution in [0.5, 0.6) is 11.5 Å². The quantitative estimate of drug-likeness (QED) is 0.172. The first-order valence-corrected chi connectivity index (χ1v) is 11.5. The SMILES string of the molecule is COc1cc(C=NNC(=O)CNC(=O)c2ccc(Cl)c(Cl)c2)ccc1OC(=O)c1cccc(Br)c1. The predicted octanol–water partition coefficient (Wildman–Crippen LogP) is 4.86. The number of hydrogen-bond acceptors (Lipinski definition) is 6. The number of nitrogens with one attached hydrogen (secondary N) is 2. The van der Waals surface area contributed by atoms with Crippen molar-refractivity contribution >= 4 is 63.1 Å². The minimum atomic E-state index is -0.541. The Morgan fingerprint density at radius 3 is 2.49 bits per heavy atom. The first-order valence-electron chi connectivity index (χ1n) is 9.97. The van der Waals surface area contributed by atoms with Crippen molar-refractivity contribution in [2.24, 2.45) is 5.10 Å². The summed E-state index contributed by atoms with van der Waals surface area (Å²) in [5, 5.41) is 6.87. The zero-order chi connectivity index (χ0) is 25.4. The summed E-state index contributed by atoms with van der Waals surface area (Å²) in [5.41, 5.74) is 3.52. The molecule has 11 heteroatoms. The van der Waals surface area contributed by atoms with Gasteiger partial charge in [0, 0.05) is 10.0 Å². The maximum atomic E-state index is 12.4. The molecule has 2 amide bonds. The summed E-state index contributed by atoms with van der Waals surface area (Å²) in [7, 11) is 1.44. The van der Waals surface area contributed by atoms with Crippen molar-refractivity contribution in [2.45, 2.75) is 0 Å². The van der Waals surface area contributed by atoms with E-state index in [2.05, 4.69) is 31.8 Å². The van der Waals surface area contributed by atoms with Crippen molar-refractivity contribution in [3.05, 3.63) is 91.9 Å². The molecule has 3 aromatic carbocycles. The number of ether oxygens (including phenoxy) is 2. The molecular weight excluding hydrogens is 561 g/mol. The van der Waals surface area contributed by atoms with Gasteiger partial charge in [0.15, 0.2) is 11.5 Å². The number of carbonyl (C=O) groups excluding carboxylic acids is 3. The summed E-state index contributed by atoms with van der Waals surface area (Å²) in [6.07, 6.45) is 1.38. The van der Waals surface area contributed by atoms with Crippen LogP contribution in [0.15, 0.2) is 70.2 Å². The third-order valence-electron chi connectivity index (χ3n) is 4.44. The highest BCUT2D eigenvalue weighted by atomic mass is 79.9. The fraction of sp³-hybridized carbons (Fsp3) is 0.0833. The van der Waals surface area contributed by atoms with E-state index in [0.717, 1.165) is 4.47 Å². The lowest BCUT2D eigenvalue weighted by Crippen LogP contribution is -2.34. The normalized spacial score (nSPS) is 10.6. The number of esters is 1. The number of benzene rings is 3. The summed E-state index contributed by atoms with van der Waals surface area (Å²) in [5.74, 6) is -1.04. The van der Waals surface area contributed by atoms with Gasteiger partial charge in [0.25, 0.3) is 11.8 Å². The molecule has 0 heterocycles. The number of halogens is 3. The van der Waals surface area contributed by atoms with Crippen LogP contribution in [0.1, 0.15) is 26.3 Å². The molecule has 0 saturated heterocycles. The molecule has 0 aliphatic heterocycles. The van der Waals surface area contributed by atoms with Gasteiger partial charge in [-0.15, -0.1) is 0 Å². The predicted molar refractivity (Wildman–Crippen MR) is 137 cm³/mol. The fourth-order valence-corrected chi connectivity index (χ4v) is 3.44. The third-order valence-corrected chi connectivity index (χ3v) is 5.68. The van der Waals surface area contributed by atoms with Gasteiger partial charge < -0.3 is 14.8 Å². The van der Waals surface area contributed by atoms with Crippen LogP contribution in [0, 0.1) is 0 Å². The Kier molecular flexibility index (Phi) is 9.25. The number of amides is 2. The fourth-order valence-electron chi connectivity index (χ4n) is 2.74. The van der Waals surface area contributed by atoms with Gasteiger partial charge >= 0.3 is 5.97 Å². The number of rotatable bonds is 8. The number of hydrazone groups is 1. The lowest BCUT2D eigenvalue weighted by Gasteiger charge is -2.10. The van der Waals surface area contributed by atoms with Crippen LogP contribution in [-0.2, 0) is 4.79 Å². The van der Waals surface area contributed by atoms with Crippen LogP contribution in [0.2, 0.25) is 10.0 Å². The highest BCUT2D eigenvalue weighted by Crippen LogP contribution is 2.28. The summed E-state index contributed by atoms with van der Waals surface area (Å²) in [4.78, 5) is 36.5. The van der Waals surface area contributed by atoms with Gasteiger partial charge in [-0.05, 0) is 60.2 Å². The Morgan fingerprint density at radius 2 is 1.77 bits per heavy atom. The number of hydrogen-bond donors (Lipinski definition) is 2. The highest BCUT2D eigenvalue weighted by molar-refractivity contribution is 9.10. The average Bonchev–Trinajstić information content (AvgIpc) is 2.85. The summed E-state index contributed by atoms with van der Waals surface area (Å²) >= 11 is 15.0. The van der Waals surface area contributed by atoms with Crippen molar-refractivity contribution in [3.63, 3.8) is 0 Å². The van der Waals surface area contributed by atoms with Crippen molar-refractivity contribution < 1.29 is 23.9 Å². The van der Waals surface area contributed by atoms with Crippen LogP contribution in [0.3, 0.4) is 0 Å². The summed E-state index contributed by atoms with van der Waals surface area (Å²) in [6.45, 7) is -0.301. The Morgan fingerprint density at radius 1 is 0.971 bits per heavy atom. The van der Waals surface area contributed by atoms with Gasteiger partial charge in [-0.2, -0.15) is 5.10 Å². The Bertz CT molecular complexity index is 1300. The molecule has 0 radical (unpaired) electrons. The van der Waals surface area contributed by atoms with E-state index in [1.165, 1.54) is 31.5 Å². The van der Waals surface area contributed by atoms with E-state index in [9.17, 15) is 14.4 Å². The molecule has 3 aromatic rings. The maximum Gasteiger partial charge on any atom is 0.343 e. The minimum absolute atomic E-state index is 0.226. The Hall–Kier alpha value is -3.40. The van der Waals surface area contributed by atoms with E-state index in [-0.39, 0.29) is 22.9 Å². The van der Waals surface area contributed by atoms with Crippen LogP contribution in [0.25, 0.3) is 0 Å². The standard InChI is InChI=1S/C24H18BrCl2N3O5/c1-34-21-9-14(5-8-20(21)35-24(33)16-3-2-4-17(25)10-16)12-29-30-22(31)13-28-23(32)15-6-7-18(26)19(27)11-15/h2-12H,13H2,1H3,(H,28,32)(H,30,31). The molecule has 2 N–H and O–H groups in total. The second kappa shape index (κ2) is 12.3. The maximum absolute atomic E-state index is 12.4. The average molecular weight is 579 g/mol. The van der Waals surface area contributed by atoms with Crippen LogP contribution >= 0.6 is 39.1 Å². The van der Waals surface area contributed by atoms with Gasteiger partial charge in [-0.1, -0.05) is 45.2 Å². The highest BCUT2D eigenvalue weighted by Gasteiger charge is 2.13. The monoisotopic (exact) mass is 577 g/mol. The molecular formula is C24H18BrCl2N3O5. The third kappa shape index (κ3) is 7.54. The Balaban J connectivity index is 1.54. The molecule has 0 saturated carbocycles. The van der Waals surface area contributed by atoms with Gasteiger partial charge in [-0.25, -0.2) is 10.2 Å².